The van der Waals surface area contributed by atoms with Gasteiger partial charge in [-0.05, 0) is 0 Å². The molecule has 0 spiro atoms. The van der Waals surface area contributed by atoms with Gasteiger partial charge in [-0.3, -0.25) is 4.79 Å². The summed E-state index contributed by atoms with van der Waals surface area (Å²) in [5.74, 6) is 1.61. The van der Waals surface area contributed by atoms with Crippen molar-refractivity contribution in [1.82, 2.24) is 0 Å². The number of thioether (sulfide) groups is 2. The smallest absolute Gasteiger partial charge is 0.307 e. The van der Waals surface area contributed by atoms with Crippen LogP contribution in [0.15, 0.2) is 0 Å². The predicted molar refractivity (Wildman–Crippen MR) is 59.3 cm³/mol. The van der Waals surface area contributed by atoms with Gasteiger partial charge in [0.05, 0.1) is 6.42 Å². The van der Waals surface area contributed by atoms with E-state index >= 15 is 0 Å². The monoisotopic (exact) mass is 240 g/mol. The van der Waals surface area contributed by atoms with Crippen molar-refractivity contribution in [3.05, 3.63) is 0 Å². The summed E-state index contributed by atoms with van der Waals surface area (Å²) in [6.07, 6.45) is 0.355. The van der Waals surface area contributed by atoms with Crippen molar-refractivity contribution >= 4 is 42.1 Å². The van der Waals surface area contributed by atoms with Gasteiger partial charge in [0.15, 0.2) is 5.44 Å². The molecule has 1 N–H and O–H groups in total. The lowest BCUT2D eigenvalue weighted by molar-refractivity contribution is -0.143. The molecule has 0 radical (unpaired) electrons. The van der Waals surface area contributed by atoms with E-state index in [1.54, 1.807) is 0 Å². The van der Waals surface area contributed by atoms with Crippen LogP contribution in [0.25, 0.3) is 0 Å². The highest BCUT2D eigenvalue weighted by Crippen LogP contribution is 2.29. The second-order valence-corrected chi connectivity index (χ2v) is 5.36. The van der Waals surface area contributed by atoms with Gasteiger partial charge < -0.3 is 9.84 Å². The van der Waals surface area contributed by atoms with Crippen LogP contribution in [0.4, 0.5) is 0 Å². The Morgan fingerprint density at radius 1 is 1.54 bits per heavy atom. The van der Waals surface area contributed by atoms with E-state index in [0.717, 1.165) is 0 Å². The first kappa shape index (κ1) is 11.6. The lowest BCUT2D eigenvalue weighted by atomic mass is 10.5. The molecule has 0 saturated carbocycles. The average Bonchev–Trinajstić information content (AvgIpc) is 2.09. The summed E-state index contributed by atoms with van der Waals surface area (Å²) in [4.78, 5) is 11.0. The van der Waals surface area contributed by atoms with E-state index in [9.17, 15) is 4.79 Å². The van der Waals surface area contributed by atoms with Crippen LogP contribution in [-0.4, -0.2) is 39.2 Å². The number of carbonyl (C=O) groups is 1. The number of carbonyl (C=O) groups excluding carboxylic acids is 1. The molecule has 1 rings (SSSR count). The number of thiol groups is 1. The number of ether oxygens (including phenoxy) is 1. The lowest BCUT2D eigenvalue weighted by Gasteiger charge is -2.24. The van der Waals surface area contributed by atoms with Gasteiger partial charge >= 0.3 is 5.97 Å². The molecule has 0 aromatic heterocycles. The molecule has 0 amide bonds. The van der Waals surface area contributed by atoms with Gasteiger partial charge in [0, 0.05) is 17.3 Å². The SMILES string of the molecule is O=C(CCS)OC1CSC(O)CS1. The van der Waals surface area contributed by atoms with Crippen LogP contribution in [0, 0.1) is 0 Å². The third-order valence-corrected chi connectivity index (χ3v) is 4.26. The van der Waals surface area contributed by atoms with Crippen molar-refractivity contribution < 1.29 is 14.6 Å². The van der Waals surface area contributed by atoms with Crippen LogP contribution in [0.5, 0.6) is 0 Å². The molecule has 1 fully saturated rings. The van der Waals surface area contributed by atoms with Crippen LogP contribution < -0.4 is 0 Å². The molecule has 2 atom stereocenters. The van der Waals surface area contributed by atoms with Crippen molar-refractivity contribution in [3.8, 4) is 0 Å². The highest BCUT2D eigenvalue weighted by molar-refractivity contribution is 8.06. The summed E-state index contributed by atoms with van der Waals surface area (Å²) in [5, 5.41) is 9.15. The fraction of sp³-hybridized carbons (Fsp3) is 0.857. The summed E-state index contributed by atoms with van der Waals surface area (Å²) in [7, 11) is 0. The van der Waals surface area contributed by atoms with Gasteiger partial charge in [0.1, 0.15) is 5.44 Å². The molecule has 6 heteroatoms. The first-order valence-corrected chi connectivity index (χ1v) is 6.67. The van der Waals surface area contributed by atoms with Crippen LogP contribution in [0.1, 0.15) is 6.42 Å². The Hall–Kier alpha value is 0.480. The molecule has 1 aliphatic rings. The minimum absolute atomic E-state index is 0.0965. The lowest BCUT2D eigenvalue weighted by Crippen LogP contribution is -2.25. The first-order valence-electron chi connectivity index (χ1n) is 3.94. The van der Waals surface area contributed by atoms with E-state index in [-0.39, 0.29) is 16.8 Å². The second kappa shape index (κ2) is 6.06. The number of esters is 1. The Labute approximate surface area is 91.4 Å². The molecule has 2 unspecified atom stereocenters. The van der Waals surface area contributed by atoms with Gasteiger partial charge in [-0.1, -0.05) is 0 Å². The highest BCUT2D eigenvalue weighted by atomic mass is 32.2. The van der Waals surface area contributed by atoms with Crippen LogP contribution in [-0.2, 0) is 9.53 Å². The average molecular weight is 240 g/mol. The van der Waals surface area contributed by atoms with Crippen molar-refractivity contribution in [2.45, 2.75) is 17.3 Å². The van der Waals surface area contributed by atoms with Crippen molar-refractivity contribution in [1.29, 1.82) is 0 Å². The number of aliphatic hydroxyl groups is 1. The largest absolute Gasteiger partial charge is 0.450 e. The molecule has 3 nitrogen and oxygen atoms in total. The van der Waals surface area contributed by atoms with Crippen molar-refractivity contribution in [3.63, 3.8) is 0 Å². The Kier molecular flexibility index (Phi) is 5.38. The molecule has 0 aromatic rings. The molecule has 1 heterocycles. The summed E-state index contributed by atoms with van der Waals surface area (Å²) < 4.78 is 5.12. The third kappa shape index (κ3) is 4.49. The van der Waals surface area contributed by atoms with Crippen molar-refractivity contribution in [2.75, 3.05) is 17.3 Å². The fourth-order valence-corrected chi connectivity index (χ4v) is 3.27. The fourth-order valence-electron chi connectivity index (χ4n) is 0.840. The van der Waals surface area contributed by atoms with Gasteiger partial charge in [-0.15, -0.1) is 23.5 Å². The highest BCUT2D eigenvalue weighted by Gasteiger charge is 2.22. The Morgan fingerprint density at radius 3 is 2.85 bits per heavy atom. The summed E-state index contributed by atoms with van der Waals surface area (Å²) in [6, 6.07) is 0. The van der Waals surface area contributed by atoms with Crippen LogP contribution >= 0.6 is 36.2 Å². The topological polar surface area (TPSA) is 46.5 Å². The van der Waals surface area contributed by atoms with Gasteiger partial charge in [-0.2, -0.15) is 12.6 Å². The maximum absolute atomic E-state index is 11.0. The standard InChI is InChI=1S/C7H12O3S3/c8-5(1-2-11)10-7-4-12-6(9)3-13-7/h6-7,9,11H,1-4H2. The molecular weight excluding hydrogens is 228 g/mol. The van der Waals surface area contributed by atoms with E-state index in [4.69, 9.17) is 9.84 Å². The van der Waals surface area contributed by atoms with E-state index in [1.807, 2.05) is 0 Å². The van der Waals surface area contributed by atoms with Crippen molar-refractivity contribution in [2.24, 2.45) is 0 Å². The number of hydrogen-bond donors (Lipinski definition) is 2. The van der Waals surface area contributed by atoms with Gasteiger partial charge in [-0.25, -0.2) is 0 Å². The second-order valence-electron chi connectivity index (χ2n) is 2.51. The molecule has 1 aliphatic heterocycles. The zero-order valence-corrected chi connectivity index (χ0v) is 9.54. The van der Waals surface area contributed by atoms with E-state index in [1.165, 1.54) is 23.5 Å². The molecule has 1 saturated heterocycles. The minimum atomic E-state index is -0.315. The van der Waals surface area contributed by atoms with Crippen LogP contribution in [0.3, 0.4) is 0 Å². The molecule has 0 bridgehead atoms. The number of rotatable bonds is 3. The zero-order valence-electron chi connectivity index (χ0n) is 7.01. The Morgan fingerprint density at radius 2 is 2.31 bits per heavy atom. The Bertz CT molecular complexity index is 168. The van der Waals surface area contributed by atoms with E-state index < -0.39 is 0 Å². The zero-order chi connectivity index (χ0) is 9.68. The molecule has 76 valence electrons. The number of hydrogen-bond acceptors (Lipinski definition) is 6. The molecular formula is C7H12O3S3. The van der Waals surface area contributed by atoms with E-state index in [2.05, 4.69) is 12.6 Å². The maximum atomic E-state index is 11.0. The quantitative estimate of drug-likeness (QED) is 0.569. The minimum Gasteiger partial charge on any atom is -0.450 e. The van der Waals surface area contributed by atoms with Gasteiger partial charge in [0.2, 0.25) is 0 Å². The predicted octanol–water partition coefficient (Wildman–Crippen LogP) is 0.974. The molecule has 13 heavy (non-hydrogen) atoms. The summed E-state index contributed by atoms with van der Waals surface area (Å²) in [5.41, 5.74) is -0.411. The van der Waals surface area contributed by atoms with Gasteiger partial charge in [0.25, 0.3) is 0 Å². The number of aliphatic hydroxyl groups excluding tert-OH is 1. The molecule has 0 aromatic carbocycles. The first-order chi connectivity index (χ1) is 6.22. The molecule has 0 aliphatic carbocycles. The third-order valence-electron chi connectivity index (χ3n) is 1.43. The summed E-state index contributed by atoms with van der Waals surface area (Å²) in [6.45, 7) is 0. The van der Waals surface area contributed by atoms with E-state index in [0.29, 0.717) is 23.7 Å². The normalized spacial score (nSPS) is 28.5. The van der Waals surface area contributed by atoms with Crippen LogP contribution in [0.2, 0.25) is 0 Å². The maximum Gasteiger partial charge on any atom is 0.307 e. The summed E-state index contributed by atoms with van der Waals surface area (Å²) >= 11 is 6.85. The Balaban J connectivity index is 2.18.